The molecule has 7 nitrogen and oxygen atoms in total. The summed E-state index contributed by atoms with van der Waals surface area (Å²) in [6, 6.07) is 11.7. The minimum Gasteiger partial charge on any atom is -0.452 e. The number of rotatable bonds is 7. The van der Waals surface area contributed by atoms with Crippen LogP contribution in [0.5, 0.6) is 0 Å². The fourth-order valence-electron chi connectivity index (χ4n) is 1.98. The molecule has 2 aromatic rings. The van der Waals surface area contributed by atoms with Crippen LogP contribution in [-0.4, -0.2) is 23.4 Å². The maximum absolute atomic E-state index is 13.4. The number of amides is 1. The van der Waals surface area contributed by atoms with Crippen LogP contribution < -0.4 is 5.32 Å². The predicted octanol–water partition coefficient (Wildman–Crippen LogP) is 2.61. The number of non-ortho nitro benzene ring substituents is 1. The van der Waals surface area contributed by atoms with Gasteiger partial charge in [0.25, 0.3) is 11.6 Å². The summed E-state index contributed by atoms with van der Waals surface area (Å²) in [7, 11) is 0. The zero-order chi connectivity index (χ0) is 18.9. The molecule has 2 rings (SSSR count). The van der Waals surface area contributed by atoms with E-state index in [1.807, 2.05) is 0 Å². The van der Waals surface area contributed by atoms with Gasteiger partial charge >= 0.3 is 5.97 Å². The van der Waals surface area contributed by atoms with Gasteiger partial charge in [-0.25, -0.2) is 9.18 Å². The lowest BCUT2D eigenvalue weighted by atomic mass is 10.2. The van der Waals surface area contributed by atoms with Crippen molar-refractivity contribution in [3.63, 3.8) is 0 Å². The van der Waals surface area contributed by atoms with Gasteiger partial charge in [0.1, 0.15) is 5.82 Å². The topological polar surface area (TPSA) is 98.5 Å². The van der Waals surface area contributed by atoms with Crippen molar-refractivity contribution in [2.45, 2.75) is 6.54 Å². The summed E-state index contributed by atoms with van der Waals surface area (Å²) in [5.41, 5.74) is 0.658. The Balaban J connectivity index is 1.79. The van der Waals surface area contributed by atoms with E-state index >= 15 is 0 Å². The Labute approximate surface area is 148 Å². The van der Waals surface area contributed by atoms with Crippen LogP contribution in [-0.2, 0) is 20.9 Å². The van der Waals surface area contributed by atoms with Crippen LogP contribution in [0.4, 0.5) is 10.1 Å². The number of hydrogen-bond acceptors (Lipinski definition) is 5. The maximum Gasteiger partial charge on any atom is 0.331 e. The lowest BCUT2D eigenvalue weighted by Gasteiger charge is -2.06. The largest absolute Gasteiger partial charge is 0.452 e. The Morgan fingerprint density at radius 1 is 1.19 bits per heavy atom. The summed E-state index contributed by atoms with van der Waals surface area (Å²) in [6.07, 6.45) is 2.40. The maximum atomic E-state index is 13.4. The molecule has 0 aliphatic heterocycles. The first-order chi connectivity index (χ1) is 12.5. The number of nitro groups is 1. The molecule has 0 atom stereocenters. The molecule has 0 radical (unpaired) electrons. The number of nitro benzene ring substituents is 1. The molecule has 1 amide bonds. The first-order valence-electron chi connectivity index (χ1n) is 7.55. The predicted molar refractivity (Wildman–Crippen MR) is 91.3 cm³/mol. The van der Waals surface area contributed by atoms with Crippen molar-refractivity contribution in [1.82, 2.24) is 5.32 Å². The van der Waals surface area contributed by atoms with Crippen LogP contribution in [0.1, 0.15) is 11.1 Å². The third-order valence-electron chi connectivity index (χ3n) is 3.27. The van der Waals surface area contributed by atoms with E-state index in [0.717, 1.165) is 6.08 Å². The van der Waals surface area contributed by atoms with Gasteiger partial charge in [0.2, 0.25) is 0 Å². The van der Waals surface area contributed by atoms with Gasteiger partial charge in [-0.05, 0) is 17.7 Å². The normalized spacial score (nSPS) is 10.5. The van der Waals surface area contributed by atoms with Crippen molar-refractivity contribution < 1.29 is 23.6 Å². The molecule has 0 spiro atoms. The second kappa shape index (κ2) is 9.07. The van der Waals surface area contributed by atoms with Crippen molar-refractivity contribution in [1.29, 1.82) is 0 Å². The SMILES string of the molecule is O=C(COC(=O)/C=C/c1cccc([N+](=O)[O-])c1)NCc1ccccc1F. The van der Waals surface area contributed by atoms with Gasteiger partial charge in [0.15, 0.2) is 6.61 Å². The molecule has 0 aliphatic carbocycles. The molecule has 0 aromatic heterocycles. The monoisotopic (exact) mass is 358 g/mol. The summed E-state index contributed by atoms with van der Waals surface area (Å²) in [4.78, 5) is 33.3. The second-order valence-electron chi connectivity index (χ2n) is 5.16. The van der Waals surface area contributed by atoms with Crippen molar-refractivity contribution >= 4 is 23.6 Å². The smallest absolute Gasteiger partial charge is 0.331 e. The summed E-state index contributed by atoms with van der Waals surface area (Å²) >= 11 is 0. The molecule has 0 saturated carbocycles. The highest BCUT2D eigenvalue weighted by Crippen LogP contribution is 2.14. The van der Waals surface area contributed by atoms with Crippen molar-refractivity contribution in [3.05, 3.63) is 81.7 Å². The molecule has 26 heavy (non-hydrogen) atoms. The Morgan fingerprint density at radius 2 is 1.96 bits per heavy atom. The molecule has 0 aliphatic rings. The zero-order valence-corrected chi connectivity index (χ0v) is 13.6. The van der Waals surface area contributed by atoms with Crippen LogP contribution in [0.2, 0.25) is 0 Å². The van der Waals surface area contributed by atoms with Crippen molar-refractivity contribution in [3.8, 4) is 0 Å². The average Bonchev–Trinajstić information content (AvgIpc) is 2.64. The quantitative estimate of drug-likeness (QED) is 0.355. The summed E-state index contributed by atoms with van der Waals surface area (Å²) in [6.45, 7) is -0.543. The number of nitrogens with one attached hydrogen (secondary N) is 1. The first kappa shape index (κ1) is 18.8. The standard InChI is InChI=1S/C18H15FN2O5/c19-16-7-2-1-5-14(16)11-20-17(22)12-26-18(23)9-8-13-4-3-6-15(10-13)21(24)25/h1-10H,11-12H2,(H,20,22)/b9-8+. The molecule has 0 unspecified atom stereocenters. The highest BCUT2D eigenvalue weighted by Gasteiger charge is 2.07. The Morgan fingerprint density at radius 3 is 2.69 bits per heavy atom. The number of hydrogen-bond donors (Lipinski definition) is 1. The summed E-state index contributed by atoms with van der Waals surface area (Å²) in [5.74, 6) is -1.80. The average molecular weight is 358 g/mol. The van der Waals surface area contributed by atoms with Crippen LogP contribution in [0.3, 0.4) is 0 Å². The van der Waals surface area contributed by atoms with Crippen molar-refractivity contribution in [2.24, 2.45) is 0 Å². The molecule has 0 saturated heterocycles. The second-order valence-corrected chi connectivity index (χ2v) is 5.16. The molecule has 0 fully saturated rings. The van der Waals surface area contributed by atoms with Gasteiger partial charge in [-0.2, -0.15) is 0 Å². The number of carbonyl (C=O) groups excluding carboxylic acids is 2. The van der Waals surface area contributed by atoms with E-state index in [1.165, 1.54) is 42.5 Å². The fraction of sp³-hybridized carbons (Fsp3) is 0.111. The van der Waals surface area contributed by atoms with Gasteiger partial charge in [0, 0.05) is 30.3 Å². The van der Waals surface area contributed by atoms with E-state index in [-0.39, 0.29) is 12.2 Å². The van der Waals surface area contributed by atoms with Gasteiger partial charge in [-0.1, -0.05) is 30.3 Å². The molecular weight excluding hydrogens is 343 g/mol. The Kier molecular flexibility index (Phi) is 6.55. The van der Waals surface area contributed by atoms with Gasteiger partial charge in [-0.3, -0.25) is 14.9 Å². The number of carbonyl (C=O) groups is 2. The van der Waals surface area contributed by atoms with E-state index in [2.05, 4.69) is 5.32 Å². The molecule has 0 bridgehead atoms. The van der Waals surface area contributed by atoms with E-state index in [9.17, 15) is 24.1 Å². The Bertz CT molecular complexity index is 851. The van der Waals surface area contributed by atoms with Gasteiger partial charge in [-0.15, -0.1) is 0 Å². The number of benzene rings is 2. The number of ether oxygens (including phenoxy) is 1. The van der Waals surface area contributed by atoms with Gasteiger partial charge < -0.3 is 10.1 Å². The van der Waals surface area contributed by atoms with Crippen LogP contribution in [0.15, 0.2) is 54.6 Å². The third kappa shape index (κ3) is 5.82. The van der Waals surface area contributed by atoms with E-state index in [1.54, 1.807) is 12.1 Å². The summed E-state index contributed by atoms with van der Waals surface area (Å²) in [5, 5.41) is 13.1. The lowest BCUT2D eigenvalue weighted by Crippen LogP contribution is -2.28. The number of esters is 1. The number of nitrogens with zero attached hydrogens (tertiary/aromatic N) is 1. The number of halogens is 1. The molecule has 8 heteroatoms. The molecule has 0 heterocycles. The van der Waals surface area contributed by atoms with Crippen LogP contribution >= 0.6 is 0 Å². The van der Waals surface area contributed by atoms with Gasteiger partial charge in [0.05, 0.1) is 4.92 Å². The lowest BCUT2D eigenvalue weighted by molar-refractivity contribution is -0.384. The molecule has 134 valence electrons. The highest BCUT2D eigenvalue weighted by atomic mass is 19.1. The molecule has 2 aromatic carbocycles. The highest BCUT2D eigenvalue weighted by molar-refractivity contribution is 5.89. The van der Waals surface area contributed by atoms with E-state index < -0.39 is 29.2 Å². The first-order valence-corrected chi connectivity index (χ1v) is 7.55. The van der Waals surface area contributed by atoms with Crippen LogP contribution in [0, 0.1) is 15.9 Å². The minimum absolute atomic E-state index is 0.0213. The van der Waals surface area contributed by atoms with E-state index in [0.29, 0.717) is 11.1 Å². The van der Waals surface area contributed by atoms with Crippen molar-refractivity contribution in [2.75, 3.05) is 6.61 Å². The minimum atomic E-state index is -0.780. The zero-order valence-electron chi connectivity index (χ0n) is 13.6. The van der Waals surface area contributed by atoms with Crippen LogP contribution in [0.25, 0.3) is 6.08 Å². The third-order valence-corrected chi connectivity index (χ3v) is 3.27. The summed E-state index contributed by atoms with van der Waals surface area (Å²) < 4.78 is 18.2. The van der Waals surface area contributed by atoms with E-state index in [4.69, 9.17) is 4.74 Å². The molecular formula is C18H15FN2O5. The Hall–Kier alpha value is -3.55. The fourth-order valence-corrected chi connectivity index (χ4v) is 1.98. The molecule has 1 N–H and O–H groups in total.